The summed E-state index contributed by atoms with van der Waals surface area (Å²) in [5, 5.41) is 8.67. The van der Waals surface area contributed by atoms with E-state index in [0.717, 1.165) is 12.8 Å². The van der Waals surface area contributed by atoms with Crippen LogP contribution in [0.4, 0.5) is 13.2 Å². The number of aliphatic hydroxyl groups is 1. The maximum Gasteiger partial charge on any atom is 0.414 e. The molecule has 1 heterocycles. The molecule has 0 spiro atoms. The molecule has 1 rings (SSSR count). The molecule has 0 aromatic heterocycles. The van der Waals surface area contributed by atoms with Crippen molar-refractivity contribution in [2.24, 2.45) is 0 Å². The van der Waals surface area contributed by atoms with E-state index in [1.54, 1.807) is 0 Å². The van der Waals surface area contributed by atoms with Crippen LogP contribution in [0.3, 0.4) is 0 Å². The molecule has 1 aliphatic rings. The van der Waals surface area contributed by atoms with E-state index >= 15 is 0 Å². The molecular formula is C8H13F3O2. The first-order valence-electron chi connectivity index (χ1n) is 4.36. The SMILES string of the molecule is OC(CCC1CCCO1)C(F)(F)F. The highest BCUT2D eigenvalue weighted by atomic mass is 19.4. The van der Waals surface area contributed by atoms with Crippen molar-refractivity contribution in [1.29, 1.82) is 0 Å². The average Bonchev–Trinajstić information content (AvgIpc) is 2.50. The Bertz CT molecular complexity index is 152. The van der Waals surface area contributed by atoms with Crippen LogP contribution in [0.25, 0.3) is 0 Å². The first kappa shape index (κ1) is 10.8. The van der Waals surface area contributed by atoms with E-state index in [1.807, 2.05) is 0 Å². The molecule has 1 aliphatic heterocycles. The Labute approximate surface area is 74.7 Å². The Morgan fingerprint density at radius 2 is 2.15 bits per heavy atom. The second-order valence-electron chi connectivity index (χ2n) is 3.27. The lowest BCUT2D eigenvalue weighted by atomic mass is 10.1. The molecule has 2 atom stereocenters. The van der Waals surface area contributed by atoms with Crippen LogP contribution in [-0.4, -0.2) is 30.1 Å². The van der Waals surface area contributed by atoms with E-state index in [0.29, 0.717) is 13.0 Å². The lowest BCUT2D eigenvalue weighted by molar-refractivity contribution is -0.206. The van der Waals surface area contributed by atoms with E-state index in [4.69, 9.17) is 9.84 Å². The number of alkyl halides is 3. The van der Waals surface area contributed by atoms with Crippen molar-refractivity contribution >= 4 is 0 Å². The number of hydrogen-bond donors (Lipinski definition) is 1. The van der Waals surface area contributed by atoms with Gasteiger partial charge in [-0.15, -0.1) is 0 Å². The summed E-state index contributed by atoms with van der Waals surface area (Å²) in [6.45, 7) is 0.632. The second-order valence-corrected chi connectivity index (χ2v) is 3.27. The number of halogens is 3. The van der Waals surface area contributed by atoms with Crippen molar-refractivity contribution in [3.63, 3.8) is 0 Å². The molecule has 0 radical (unpaired) electrons. The molecular weight excluding hydrogens is 185 g/mol. The van der Waals surface area contributed by atoms with Gasteiger partial charge in [0, 0.05) is 6.61 Å². The topological polar surface area (TPSA) is 29.5 Å². The molecule has 1 saturated heterocycles. The van der Waals surface area contributed by atoms with Gasteiger partial charge in [0.2, 0.25) is 0 Å². The Hall–Kier alpha value is -0.290. The van der Waals surface area contributed by atoms with Crippen LogP contribution in [0.5, 0.6) is 0 Å². The second kappa shape index (κ2) is 4.28. The number of aliphatic hydroxyl groups excluding tert-OH is 1. The van der Waals surface area contributed by atoms with Gasteiger partial charge in [0.25, 0.3) is 0 Å². The third-order valence-corrected chi connectivity index (χ3v) is 2.16. The fourth-order valence-electron chi connectivity index (χ4n) is 1.38. The van der Waals surface area contributed by atoms with Crippen molar-refractivity contribution in [2.45, 2.75) is 44.1 Å². The molecule has 2 unspecified atom stereocenters. The van der Waals surface area contributed by atoms with Crippen LogP contribution in [-0.2, 0) is 4.74 Å². The van der Waals surface area contributed by atoms with Gasteiger partial charge >= 0.3 is 6.18 Å². The third kappa shape index (κ3) is 3.52. The maximum atomic E-state index is 11.8. The van der Waals surface area contributed by atoms with Crippen molar-refractivity contribution in [3.8, 4) is 0 Å². The lowest BCUT2D eigenvalue weighted by Crippen LogP contribution is -2.29. The highest BCUT2D eigenvalue weighted by molar-refractivity contribution is 4.71. The molecule has 5 heteroatoms. The zero-order valence-corrected chi connectivity index (χ0v) is 7.18. The van der Waals surface area contributed by atoms with Gasteiger partial charge in [-0.2, -0.15) is 13.2 Å². The maximum absolute atomic E-state index is 11.8. The largest absolute Gasteiger partial charge is 0.414 e. The zero-order valence-electron chi connectivity index (χ0n) is 7.18. The summed E-state index contributed by atoms with van der Waals surface area (Å²) in [4.78, 5) is 0. The summed E-state index contributed by atoms with van der Waals surface area (Å²) in [5.74, 6) is 0. The van der Waals surface area contributed by atoms with Crippen LogP contribution < -0.4 is 0 Å². The summed E-state index contributed by atoms with van der Waals surface area (Å²) in [7, 11) is 0. The van der Waals surface area contributed by atoms with Crippen LogP contribution >= 0.6 is 0 Å². The summed E-state index contributed by atoms with van der Waals surface area (Å²) in [6, 6.07) is 0. The van der Waals surface area contributed by atoms with E-state index in [1.165, 1.54) is 0 Å². The summed E-state index contributed by atoms with van der Waals surface area (Å²) in [5.41, 5.74) is 0. The normalized spacial score (nSPS) is 26.3. The zero-order chi connectivity index (χ0) is 9.90. The molecule has 13 heavy (non-hydrogen) atoms. The quantitative estimate of drug-likeness (QED) is 0.750. The molecule has 1 fully saturated rings. The molecule has 0 aliphatic carbocycles. The van der Waals surface area contributed by atoms with Crippen LogP contribution in [0.1, 0.15) is 25.7 Å². The first-order chi connectivity index (χ1) is 6.00. The highest BCUT2D eigenvalue weighted by Crippen LogP contribution is 2.25. The summed E-state index contributed by atoms with van der Waals surface area (Å²) >= 11 is 0. The van der Waals surface area contributed by atoms with Gasteiger partial charge in [0.15, 0.2) is 0 Å². The number of ether oxygens (including phenoxy) is 1. The average molecular weight is 198 g/mol. The molecule has 78 valence electrons. The molecule has 0 amide bonds. The Balaban J connectivity index is 2.17. The van der Waals surface area contributed by atoms with E-state index in [-0.39, 0.29) is 12.5 Å². The van der Waals surface area contributed by atoms with Crippen molar-refractivity contribution in [2.75, 3.05) is 6.61 Å². The number of rotatable bonds is 3. The monoisotopic (exact) mass is 198 g/mol. The van der Waals surface area contributed by atoms with Gasteiger partial charge < -0.3 is 9.84 Å². The molecule has 0 bridgehead atoms. The first-order valence-corrected chi connectivity index (χ1v) is 4.36. The van der Waals surface area contributed by atoms with E-state index in [9.17, 15) is 13.2 Å². The predicted octanol–water partition coefficient (Wildman–Crippen LogP) is 1.87. The summed E-state index contributed by atoms with van der Waals surface area (Å²) in [6.07, 6.45) is -5.01. The highest BCUT2D eigenvalue weighted by Gasteiger charge is 2.38. The van der Waals surface area contributed by atoms with Crippen LogP contribution in [0.2, 0.25) is 0 Å². The predicted molar refractivity (Wildman–Crippen MR) is 40.3 cm³/mol. The van der Waals surface area contributed by atoms with Crippen LogP contribution in [0.15, 0.2) is 0 Å². The van der Waals surface area contributed by atoms with Crippen molar-refractivity contribution < 1.29 is 23.0 Å². The minimum Gasteiger partial charge on any atom is -0.384 e. The Kier molecular flexibility index (Phi) is 3.55. The van der Waals surface area contributed by atoms with Crippen molar-refractivity contribution in [1.82, 2.24) is 0 Å². The molecule has 0 aromatic carbocycles. The Morgan fingerprint density at radius 1 is 1.46 bits per heavy atom. The molecule has 1 N–H and O–H groups in total. The Morgan fingerprint density at radius 3 is 2.62 bits per heavy atom. The molecule has 2 nitrogen and oxygen atoms in total. The van der Waals surface area contributed by atoms with Gasteiger partial charge in [-0.1, -0.05) is 0 Å². The van der Waals surface area contributed by atoms with E-state index in [2.05, 4.69) is 0 Å². The van der Waals surface area contributed by atoms with Crippen molar-refractivity contribution in [3.05, 3.63) is 0 Å². The molecule has 0 saturated carbocycles. The standard InChI is InChI=1S/C8H13F3O2/c9-8(10,11)7(12)4-3-6-2-1-5-13-6/h6-7,12H,1-5H2. The fourth-order valence-corrected chi connectivity index (χ4v) is 1.38. The minimum atomic E-state index is -4.49. The fraction of sp³-hybridized carbons (Fsp3) is 1.00. The van der Waals surface area contributed by atoms with Crippen LogP contribution in [0, 0.1) is 0 Å². The van der Waals surface area contributed by atoms with E-state index < -0.39 is 12.3 Å². The molecule has 0 aromatic rings. The number of hydrogen-bond acceptors (Lipinski definition) is 2. The van der Waals surface area contributed by atoms with Gasteiger partial charge in [0.1, 0.15) is 6.10 Å². The third-order valence-electron chi connectivity index (χ3n) is 2.16. The van der Waals surface area contributed by atoms with Gasteiger partial charge in [-0.3, -0.25) is 0 Å². The smallest absolute Gasteiger partial charge is 0.384 e. The van der Waals surface area contributed by atoms with Gasteiger partial charge in [-0.25, -0.2) is 0 Å². The lowest BCUT2D eigenvalue weighted by Gasteiger charge is -2.16. The van der Waals surface area contributed by atoms with Gasteiger partial charge in [0.05, 0.1) is 6.10 Å². The minimum absolute atomic E-state index is 0.0861. The van der Waals surface area contributed by atoms with Gasteiger partial charge in [-0.05, 0) is 25.7 Å². The summed E-state index contributed by atoms with van der Waals surface area (Å²) < 4.78 is 40.6.